The van der Waals surface area contributed by atoms with Gasteiger partial charge in [0.2, 0.25) is 5.88 Å². The highest BCUT2D eigenvalue weighted by Gasteiger charge is 2.28. The monoisotopic (exact) mass is 544 g/mol. The lowest BCUT2D eigenvalue weighted by Crippen LogP contribution is -2.41. The quantitative estimate of drug-likeness (QED) is 0.325. The van der Waals surface area contributed by atoms with Crippen LogP contribution in [0.4, 0.5) is 10.5 Å². The Morgan fingerprint density at radius 2 is 1.87 bits per heavy atom. The molecule has 1 aliphatic heterocycles. The number of hydrogen-bond donors (Lipinski definition) is 1. The van der Waals surface area contributed by atoms with Gasteiger partial charge in [-0.25, -0.2) is 9.78 Å². The average Bonchev–Trinajstić information content (AvgIpc) is 3.72. The second kappa shape index (κ2) is 14.1. The van der Waals surface area contributed by atoms with E-state index >= 15 is 0 Å². The van der Waals surface area contributed by atoms with Crippen molar-refractivity contribution >= 4 is 23.3 Å². The summed E-state index contributed by atoms with van der Waals surface area (Å²) in [6.45, 7) is 10.8. The van der Waals surface area contributed by atoms with Crippen molar-refractivity contribution in [3.63, 3.8) is 0 Å². The Kier molecular flexibility index (Phi) is 10.6. The van der Waals surface area contributed by atoms with Crippen LogP contribution < -0.4 is 10.1 Å². The zero-order valence-electron chi connectivity index (χ0n) is 22.8. The van der Waals surface area contributed by atoms with E-state index in [9.17, 15) is 4.79 Å². The van der Waals surface area contributed by atoms with E-state index in [1.54, 1.807) is 17.2 Å². The summed E-state index contributed by atoms with van der Waals surface area (Å²) in [4.78, 5) is 22.1. The van der Waals surface area contributed by atoms with Gasteiger partial charge >= 0.3 is 6.03 Å². The van der Waals surface area contributed by atoms with Gasteiger partial charge in [-0.3, -0.25) is 0 Å². The summed E-state index contributed by atoms with van der Waals surface area (Å²) in [6, 6.07) is 9.10. The third-order valence-corrected chi connectivity index (χ3v) is 7.25. The van der Waals surface area contributed by atoms with Crippen LogP contribution in [0.5, 0.6) is 5.88 Å². The molecule has 8 nitrogen and oxygen atoms in total. The van der Waals surface area contributed by atoms with Gasteiger partial charge in [-0.05, 0) is 75.6 Å². The van der Waals surface area contributed by atoms with Crippen molar-refractivity contribution in [2.24, 2.45) is 5.92 Å². The van der Waals surface area contributed by atoms with Gasteiger partial charge in [-0.2, -0.15) is 0 Å². The molecule has 0 spiro atoms. The number of aromatic nitrogens is 1. The molecule has 0 radical (unpaired) electrons. The first-order valence-corrected chi connectivity index (χ1v) is 14.2. The van der Waals surface area contributed by atoms with Gasteiger partial charge in [0, 0.05) is 51.7 Å². The van der Waals surface area contributed by atoms with Gasteiger partial charge in [0.1, 0.15) is 6.10 Å². The normalized spacial score (nSPS) is 16.6. The molecular formula is C29H41ClN4O4. The van der Waals surface area contributed by atoms with Crippen LogP contribution >= 0.6 is 11.6 Å². The van der Waals surface area contributed by atoms with E-state index in [1.807, 2.05) is 45.0 Å². The summed E-state index contributed by atoms with van der Waals surface area (Å²) in [5, 5.41) is 3.42. The number of carbonyl (C=O) groups is 1. The molecule has 1 aliphatic carbocycles. The fraction of sp³-hybridized carbons (Fsp3) is 0.586. The molecule has 38 heavy (non-hydrogen) atoms. The molecule has 2 amide bonds. The molecule has 1 aromatic heterocycles. The van der Waals surface area contributed by atoms with E-state index in [0.717, 1.165) is 43.0 Å². The first-order valence-electron chi connectivity index (χ1n) is 13.8. The maximum Gasteiger partial charge on any atom is 0.322 e. The average molecular weight is 545 g/mol. The number of halogens is 1. The first-order chi connectivity index (χ1) is 18.4. The van der Waals surface area contributed by atoms with Crippen LogP contribution in [0.2, 0.25) is 5.02 Å². The van der Waals surface area contributed by atoms with Crippen molar-refractivity contribution in [2.45, 2.75) is 65.4 Å². The highest BCUT2D eigenvalue weighted by molar-refractivity contribution is 6.33. The van der Waals surface area contributed by atoms with Crippen molar-refractivity contribution in [1.82, 2.24) is 14.8 Å². The molecule has 0 unspecified atom stereocenters. The summed E-state index contributed by atoms with van der Waals surface area (Å²) in [7, 11) is 0. The molecule has 9 heteroatoms. The van der Waals surface area contributed by atoms with Gasteiger partial charge in [0.05, 0.1) is 17.3 Å². The Labute approximate surface area is 231 Å². The SMILES string of the molecule is CCOC(CN(Cc1ccc(OC2CCN(CC3CC3)CC2)nc1)C(=O)Nc1ccc(C)cc1Cl)OCC. The molecule has 4 rings (SSSR count). The van der Waals surface area contributed by atoms with Crippen LogP contribution in [-0.4, -0.2) is 72.6 Å². The summed E-state index contributed by atoms with van der Waals surface area (Å²) in [6.07, 6.45) is 6.28. The Hall–Kier alpha value is -2.39. The van der Waals surface area contributed by atoms with Crippen molar-refractivity contribution in [1.29, 1.82) is 0 Å². The number of ether oxygens (including phenoxy) is 3. The van der Waals surface area contributed by atoms with Crippen LogP contribution in [0.25, 0.3) is 0 Å². The molecule has 1 saturated carbocycles. The predicted octanol–water partition coefficient (Wildman–Crippen LogP) is 5.73. The molecule has 0 atom stereocenters. The van der Waals surface area contributed by atoms with Crippen LogP contribution in [0.1, 0.15) is 50.7 Å². The van der Waals surface area contributed by atoms with E-state index in [-0.39, 0.29) is 18.7 Å². The Morgan fingerprint density at radius 3 is 2.47 bits per heavy atom. The topological polar surface area (TPSA) is 76.2 Å². The van der Waals surface area contributed by atoms with Gasteiger partial charge < -0.3 is 29.3 Å². The smallest absolute Gasteiger partial charge is 0.322 e. The lowest BCUT2D eigenvalue weighted by Gasteiger charge is -2.31. The number of likely N-dealkylation sites (tertiary alicyclic amines) is 1. The third-order valence-electron chi connectivity index (χ3n) is 6.93. The third kappa shape index (κ3) is 8.83. The van der Waals surface area contributed by atoms with Crippen molar-refractivity contribution in [2.75, 3.05) is 44.7 Å². The molecule has 1 N–H and O–H groups in total. The standard InChI is InChI=1S/C29H41ClN4O4/c1-4-36-28(37-5-2)20-34(29(35)32-26-10-6-21(3)16-25(26)30)19-23-9-11-27(31-17-23)38-24-12-14-33(15-13-24)18-22-7-8-22/h6,9-11,16-17,22,24,28H,4-5,7-8,12-15,18-20H2,1-3H3,(H,32,35). The molecule has 0 bridgehead atoms. The minimum atomic E-state index is -0.536. The molecule has 1 aromatic carbocycles. The summed E-state index contributed by atoms with van der Waals surface area (Å²) < 4.78 is 17.6. The number of aryl methyl sites for hydroxylation is 1. The first kappa shape index (κ1) is 28.6. The number of anilines is 1. The highest BCUT2D eigenvalue weighted by atomic mass is 35.5. The lowest BCUT2D eigenvalue weighted by molar-refractivity contribution is -0.143. The van der Waals surface area contributed by atoms with Crippen LogP contribution in [0.3, 0.4) is 0 Å². The van der Waals surface area contributed by atoms with Crippen LogP contribution in [-0.2, 0) is 16.0 Å². The summed E-state index contributed by atoms with van der Waals surface area (Å²) in [5.74, 6) is 1.55. The maximum absolute atomic E-state index is 13.3. The molecule has 2 heterocycles. The Balaban J connectivity index is 1.37. The van der Waals surface area contributed by atoms with E-state index in [1.165, 1.54) is 19.4 Å². The maximum atomic E-state index is 13.3. The predicted molar refractivity (Wildman–Crippen MR) is 150 cm³/mol. The molecule has 1 saturated heterocycles. The van der Waals surface area contributed by atoms with Crippen molar-refractivity contribution in [3.8, 4) is 5.88 Å². The zero-order valence-corrected chi connectivity index (χ0v) is 23.6. The lowest BCUT2D eigenvalue weighted by atomic mass is 10.1. The fourth-order valence-corrected chi connectivity index (χ4v) is 4.96. The van der Waals surface area contributed by atoms with Gasteiger partial charge in [-0.15, -0.1) is 0 Å². The Bertz CT molecular complexity index is 1020. The van der Waals surface area contributed by atoms with Crippen molar-refractivity contribution < 1.29 is 19.0 Å². The second-order valence-corrected chi connectivity index (χ2v) is 10.6. The number of rotatable bonds is 13. The summed E-state index contributed by atoms with van der Waals surface area (Å²) >= 11 is 6.36. The van der Waals surface area contributed by atoms with E-state index in [2.05, 4.69) is 15.2 Å². The van der Waals surface area contributed by atoms with Crippen LogP contribution in [0, 0.1) is 12.8 Å². The highest BCUT2D eigenvalue weighted by Crippen LogP contribution is 2.31. The number of amides is 2. The number of urea groups is 1. The number of benzene rings is 1. The number of piperidine rings is 1. The Morgan fingerprint density at radius 1 is 1.13 bits per heavy atom. The number of pyridine rings is 1. The van der Waals surface area contributed by atoms with Gasteiger partial charge in [0.25, 0.3) is 0 Å². The molecule has 2 fully saturated rings. The van der Waals surface area contributed by atoms with E-state index in [0.29, 0.717) is 36.3 Å². The number of carbonyl (C=O) groups excluding carboxylic acids is 1. The molecule has 208 valence electrons. The number of nitrogens with one attached hydrogen (secondary N) is 1. The van der Waals surface area contributed by atoms with Crippen LogP contribution in [0.15, 0.2) is 36.5 Å². The molecule has 2 aromatic rings. The zero-order chi connectivity index (χ0) is 26.9. The fourth-order valence-electron chi connectivity index (χ4n) is 4.68. The molecular weight excluding hydrogens is 504 g/mol. The number of hydrogen-bond acceptors (Lipinski definition) is 6. The largest absolute Gasteiger partial charge is 0.474 e. The minimum Gasteiger partial charge on any atom is -0.474 e. The molecule has 2 aliphatic rings. The van der Waals surface area contributed by atoms with Crippen molar-refractivity contribution in [3.05, 3.63) is 52.7 Å². The van der Waals surface area contributed by atoms with Gasteiger partial charge in [-0.1, -0.05) is 23.7 Å². The van der Waals surface area contributed by atoms with E-state index < -0.39 is 6.29 Å². The minimum absolute atomic E-state index is 0.198. The van der Waals surface area contributed by atoms with E-state index in [4.69, 9.17) is 25.8 Å². The summed E-state index contributed by atoms with van der Waals surface area (Å²) in [5.41, 5.74) is 2.46. The second-order valence-electron chi connectivity index (χ2n) is 10.2. The van der Waals surface area contributed by atoms with Gasteiger partial charge in [0.15, 0.2) is 6.29 Å². The number of nitrogens with zero attached hydrogens (tertiary/aromatic N) is 3.